The first-order chi connectivity index (χ1) is 20.6. The van der Waals surface area contributed by atoms with E-state index in [0.29, 0.717) is 32.8 Å². The number of imidazole rings is 1. The number of hydrogen-bond donors (Lipinski definition) is 1. The molecule has 4 rings (SSSR count). The quantitative estimate of drug-likeness (QED) is 0.160. The highest BCUT2D eigenvalue weighted by Crippen LogP contribution is 2.34. The number of nitrogens with zero attached hydrogens (tertiary/aromatic N) is 4. The summed E-state index contributed by atoms with van der Waals surface area (Å²) < 4.78 is 68.1. The number of rotatable bonds is 9. The molecule has 44 heavy (non-hydrogen) atoms. The molecule has 0 saturated carbocycles. The third kappa shape index (κ3) is 10.2. The van der Waals surface area contributed by atoms with Crippen LogP contribution < -0.4 is 9.61 Å². The number of nitrogens with one attached hydrogen (secondary N) is 1. The van der Waals surface area contributed by atoms with Crippen molar-refractivity contribution >= 4 is 39.2 Å². The summed E-state index contributed by atoms with van der Waals surface area (Å²) in [7, 11) is -4.23. The van der Waals surface area contributed by atoms with Crippen molar-refractivity contribution in [1.29, 1.82) is 0 Å². The zero-order valence-corrected chi connectivity index (χ0v) is 25.5. The van der Waals surface area contributed by atoms with E-state index in [9.17, 15) is 26.4 Å². The maximum atomic E-state index is 13.2. The molecule has 240 valence electrons. The Morgan fingerprint density at radius 3 is 2.27 bits per heavy atom. The topological polar surface area (TPSA) is 160 Å². The molecule has 0 spiro atoms. The van der Waals surface area contributed by atoms with Crippen LogP contribution in [0.1, 0.15) is 48.3 Å². The van der Waals surface area contributed by atoms with Crippen LogP contribution in [0.5, 0.6) is 5.75 Å². The molecule has 0 bridgehead atoms. The largest absolute Gasteiger partial charge is 0.389 e. The van der Waals surface area contributed by atoms with Crippen LogP contribution in [0, 0.1) is 22.2 Å². The van der Waals surface area contributed by atoms with Crippen LogP contribution in [0.15, 0.2) is 42.5 Å². The van der Waals surface area contributed by atoms with Crippen molar-refractivity contribution in [3.05, 3.63) is 79.2 Å². The lowest BCUT2D eigenvalue weighted by atomic mass is 10.2. The maximum Gasteiger partial charge on any atom is 0.389 e. The summed E-state index contributed by atoms with van der Waals surface area (Å²) in [6.45, 7) is 3.20. The van der Waals surface area contributed by atoms with Crippen LogP contribution in [0.2, 0.25) is 10.0 Å². The Morgan fingerprint density at radius 2 is 1.70 bits per heavy atom. The van der Waals surface area contributed by atoms with E-state index in [1.54, 1.807) is 41.8 Å². The van der Waals surface area contributed by atoms with Gasteiger partial charge in [0, 0.05) is 35.8 Å². The summed E-state index contributed by atoms with van der Waals surface area (Å²) >= 11 is 12.6. The first-order valence-corrected chi connectivity index (χ1v) is 15.4. The summed E-state index contributed by atoms with van der Waals surface area (Å²) in [6, 6.07) is 10.7. The second kappa shape index (κ2) is 14.9. The summed E-state index contributed by atoms with van der Waals surface area (Å²) in [5.41, 5.74) is 4.63. The predicted octanol–water partition coefficient (Wildman–Crippen LogP) is 6.10. The van der Waals surface area contributed by atoms with Crippen molar-refractivity contribution in [3.8, 4) is 22.8 Å². The van der Waals surface area contributed by atoms with Crippen molar-refractivity contribution in [1.82, 2.24) is 20.0 Å². The molecule has 0 atom stereocenters. The molecular weight excluding hydrogens is 654 g/mol. The molecule has 0 radical (unpaired) electrons. The van der Waals surface area contributed by atoms with Crippen LogP contribution in [-0.2, 0) is 10.1 Å². The fourth-order valence-electron chi connectivity index (χ4n) is 4.37. The van der Waals surface area contributed by atoms with E-state index < -0.39 is 40.0 Å². The van der Waals surface area contributed by atoms with Crippen molar-refractivity contribution < 1.29 is 35.7 Å². The van der Waals surface area contributed by atoms with Crippen molar-refractivity contribution in [2.75, 3.05) is 18.8 Å². The van der Waals surface area contributed by atoms with Gasteiger partial charge in [-0.1, -0.05) is 29.6 Å². The van der Waals surface area contributed by atoms with Crippen LogP contribution in [0.25, 0.3) is 17.1 Å². The molecule has 1 N–H and O–H groups in total. The van der Waals surface area contributed by atoms with Gasteiger partial charge >= 0.3 is 16.3 Å². The number of alkyl halides is 3. The number of carbonyl (C=O) groups is 1. The highest BCUT2D eigenvalue weighted by Gasteiger charge is 2.28. The van der Waals surface area contributed by atoms with Gasteiger partial charge in [0.2, 0.25) is 0 Å². The fraction of sp³-hybridized carbons (Fsp3) is 0.385. The van der Waals surface area contributed by atoms with E-state index in [1.165, 1.54) is 12.1 Å². The lowest BCUT2D eigenvalue weighted by Gasteiger charge is -2.26. The zero-order valence-electron chi connectivity index (χ0n) is 23.1. The highest BCUT2D eigenvalue weighted by molar-refractivity contribution is 7.87. The van der Waals surface area contributed by atoms with Gasteiger partial charge < -0.3 is 19.5 Å². The summed E-state index contributed by atoms with van der Waals surface area (Å²) in [4.78, 5) is 26.1. The number of piperidine rings is 1. The minimum Gasteiger partial charge on any atom is -0.382 e. The van der Waals surface area contributed by atoms with E-state index in [1.807, 2.05) is 5.01 Å². The summed E-state index contributed by atoms with van der Waals surface area (Å²) in [6.07, 6.45) is -3.22. The first-order valence-electron chi connectivity index (χ1n) is 13.1. The van der Waals surface area contributed by atoms with Gasteiger partial charge in [0.25, 0.3) is 5.91 Å². The van der Waals surface area contributed by atoms with Gasteiger partial charge in [-0.25, -0.2) is 9.99 Å². The molecule has 1 fully saturated rings. The van der Waals surface area contributed by atoms with Crippen molar-refractivity contribution in [2.24, 2.45) is 0 Å². The van der Waals surface area contributed by atoms with Gasteiger partial charge in [-0.05, 0) is 68.7 Å². The van der Waals surface area contributed by atoms with Gasteiger partial charge in [0.1, 0.15) is 11.6 Å². The fourth-order valence-corrected chi connectivity index (χ4v) is 5.85. The lowest BCUT2D eigenvalue weighted by molar-refractivity contribution is -0.402. The molecule has 2 aromatic carbocycles. The molecule has 0 aliphatic carbocycles. The molecule has 2 heterocycles. The second-order valence-electron chi connectivity index (χ2n) is 9.60. The average molecular weight is 681 g/mol. The third-order valence-electron chi connectivity index (χ3n) is 6.28. The Balaban J connectivity index is 0.00000124. The molecule has 1 amide bonds. The number of benzene rings is 2. The minimum absolute atomic E-state index is 0.0670. The normalized spacial score (nSPS) is 14.0. The Morgan fingerprint density at radius 1 is 1.09 bits per heavy atom. The van der Waals surface area contributed by atoms with E-state index >= 15 is 0 Å². The van der Waals surface area contributed by atoms with E-state index in [-0.39, 0.29) is 17.4 Å². The van der Waals surface area contributed by atoms with E-state index in [4.69, 9.17) is 42.7 Å². The number of halogens is 5. The number of amides is 1. The highest BCUT2D eigenvalue weighted by atomic mass is 35.5. The number of carbonyl (C=O) groups excluding carboxylic acids is 1. The molecular formula is C26H27Cl2F3N5O7S-. The molecule has 3 aromatic rings. The number of hydrogen-bond acceptors (Lipinski definition) is 9. The van der Waals surface area contributed by atoms with Crippen molar-refractivity contribution in [3.63, 3.8) is 0 Å². The zero-order chi connectivity index (χ0) is 32.7. The number of hydrazine groups is 1. The Labute approximate surface area is 260 Å². The first kappa shape index (κ1) is 34.9. The third-order valence-corrected chi connectivity index (χ3v) is 8.07. The van der Waals surface area contributed by atoms with Crippen LogP contribution in [0.4, 0.5) is 13.2 Å². The molecule has 1 saturated heterocycles. The smallest absolute Gasteiger partial charge is 0.382 e. The summed E-state index contributed by atoms with van der Waals surface area (Å²) in [5.74, 6) is -0.864. The van der Waals surface area contributed by atoms with Crippen LogP contribution in [-0.4, -0.2) is 59.0 Å². The summed E-state index contributed by atoms with van der Waals surface area (Å²) in [5, 5.41) is 17.3. The number of aromatic nitrogens is 2. The van der Waals surface area contributed by atoms with Gasteiger partial charge in [0.15, 0.2) is 5.69 Å². The molecule has 1 aliphatic heterocycles. The van der Waals surface area contributed by atoms with E-state index in [0.717, 1.165) is 32.4 Å². The molecule has 18 heteroatoms. The molecule has 1 aromatic heterocycles. The van der Waals surface area contributed by atoms with Crippen LogP contribution >= 0.6 is 23.2 Å². The van der Waals surface area contributed by atoms with Gasteiger partial charge in [-0.2, -0.15) is 21.6 Å². The SMILES string of the molecule is Cc1c(C(=O)NN2CCCCC2)nc(-c2ccc(Cl)cc2Cl)n1-c1ccc(OS(=O)(=O)CCCC(F)(F)F)cc1.O=[N+]([O-])[O-]. The maximum absolute atomic E-state index is 13.2. The lowest BCUT2D eigenvalue weighted by Crippen LogP contribution is -2.45. The Hall–Kier alpha value is -3.60. The monoisotopic (exact) mass is 680 g/mol. The second-order valence-corrected chi connectivity index (χ2v) is 12.1. The Kier molecular flexibility index (Phi) is 11.8. The standard InChI is InChI=1S/C26H27Cl2F3N4O4S.NO3/c1-17-23(25(36)33-34-13-3-2-4-14-34)32-24(21-11-6-18(27)16-22(21)28)35(17)19-7-9-20(10-8-19)39-40(37,38)15-5-12-26(29,30)31;2-1(3)4/h6-11,16H,2-5,12-15H2,1H3,(H,33,36);/q;-1. The van der Waals surface area contributed by atoms with Gasteiger partial charge in [0.05, 0.1) is 21.6 Å². The average Bonchev–Trinajstić information content (AvgIpc) is 3.25. The Bertz CT molecular complexity index is 1580. The molecule has 0 unspecified atom stereocenters. The van der Waals surface area contributed by atoms with Gasteiger partial charge in [-0.3, -0.25) is 14.8 Å². The van der Waals surface area contributed by atoms with Crippen molar-refractivity contribution in [2.45, 2.75) is 45.2 Å². The van der Waals surface area contributed by atoms with E-state index in [2.05, 4.69) is 10.4 Å². The minimum atomic E-state index is -4.45. The predicted molar refractivity (Wildman–Crippen MR) is 157 cm³/mol. The van der Waals surface area contributed by atoms with Crippen LogP contribution in [0.3, 0.4) is 0 Å². The molecule has 1 aliphatic rings. The molecule has 12 nitrogen and oxygen atoms in total. The van der Waals surface area contributed by atoms with Gasteiger partial charge in [-0.15, -0.1) is 0 Å².